The zero-order valence-electron chi connectivity index (χ0n) is 11.7. The van der Waals surface area contributed by atoms with E-state index >= 15 is 0 Å². The van der Waals surface area contributed by atoms with Crippen LogP contribution in [0.15, 0.2) is 46.9 Å². The summed E-state index contributed by atoms with van der Waals surface area (Å²) < 4.78 is 12.4. The van der Waals surface area contributed by atoms with Gasteiger partial charge in [-0.2, -0.15) is 0 Å². The molecule has 2 N–H and O–H groups in total. The first-order valence-corrected chi connectivity index (χ1v) is 7.91. The molecule has 21 heavy (non-hydrogen) atoms. The summed E-state index contributed by atoms with van der Waals surface area (Å²) in [6.45, 7) is 1.05. The molecule has 110 valence electrons. The molecule has 2 aromatic carbocycles. The van der Waals surface area contributed by atoms with Crippen molar-refractivity contribution in [2.75, 3.05) is 13.2 Å². The predicted molar refractivity (Wildman–Crippen MR) is 86.8 cm³/mol. The largest absolute Gasteiger partial charge is 0.490 e. The Morgan fingerprint density at radius 3 is 2.43 bits per heavy atom. The third-order valence-electron chi connectivity index (χ3n) is 3.67. The maximum absolute atomic E-state index is 6.03. The van der Waals surface area contributed by atoms with Crippen molar-refractivity contribution in [3.8, 4) is 11.5 Å². The summed E-state index contributed by atoms with van der Waals surface area (Å²) >= 11 is 3.40. The van der Waals surface area contributed by atoms with Crippen molar-refractivity contribution in [2.45, 2.75) is 18.9 Å². The molecule has 1 aliphatic rings. The number of hydrogen-bond acceptors (Lipinski definition) is 3. The van der Waals surface area contributed by atoms with Crippen LogP contribution < -0.4 is 15.2 Å². The van der Waals surface area contributed by atoms with E-state index in [0.29, 0.717) is 13.2 Å². The lowest BCUT2D eigenvalue weighted by Gasteiger charge is -2.10. The fourth-order valence-corrected chi connectivity index (χ4v) is 2.83. The molecule has 1 unspecified atom stereocenters. The number of nitrogens with two attached hydrogens (primary N) is 1. The van der Waals surface area contributed by atoms with E-state index < -0.39 is 0 Å². The van der Waals surface area contributed by atoms with Gasteiger partial charge in [0.2, 0.25) is 0 Å². The third-order valence-corrected chi connectivity index (χ3v) is 4.20. The molecule has 0 fully saturated rings. The van der Waals surface area contributed by atoms with Crippen LogP contribution in [0.3, 0.4) is 0 Å². The SMILES string of the molecule is NC1CCc2cc(OCCOc3ccc(Br)cc3)ccc21. The Bertz CT molecular complexity index is 613. The zero-order chi connectivity index (χ0) is 14.7. The van der Waals surface area contributed by atoms with Gasteiger partial charge in [-0.1, -0.05) is 22.0 Å². The first-order valence-electron chi connectivity index (χ1n) is 7.12. The van der Waals surface area contributed by atoms with Crippen LogP contribution in [0.4, 0.5) is 0 Å². The van der Waals surface area contributed by atoms with Gasteiger partial charge in [0.1, 0.15) is 24.7 Å². The molecule has 0 spiro atoms. The van der Waals surface area contributed by atoms with Gasteiger partial charge in [0.25, 0.3) is 0 Å². The Kier molecular flexibility index (Phi) is 4.46. The highest BCUT2D eigenvalue weighted by Crippen LogP contribution is 2.31. The van der Waals surface area contributed by atoms with Gasteiger partial charge in [-0.3, -0.25) is 0 Å². The van der Waals surface area contributed by atoms with E-state index in [1.807, 2.05) is 30.3 Å². The lowest BCUT2D eigenvalue weighted by molar-refractivity contribution is 0.217. The van der Waals surface area contributed by atoms with Crippen molar-refractivity contribution in [3.63, 3.8) is 0 Å². The third kappa shape index (κ3) is 3.57. The summed E-state index contributed by atoms with van der Waals surface area (Å²) in [7, 11) is 0. The maximum Gasteiger partial charge on any atom is 0.122 e. The molecule has 3 nitrogen and oxygen atoms in total. The van der Waals surface area contributed by atoms with Crippen molar-refractivity contribution in [2.24, 2.45) is 5.73 Å². The number of ether oxygens (including phenoxy) is 2. The van der Waals surface area contributed by atoms with Gasteiger partial charge >= 0.3 is 0 Å². The van der Waals surface area contributed by atoms with E-state index in [1.54, 1.807) is 0 Å². The topological polar surface area (TPSA) is 44.5 Å². The molecule has 0 saturated heterocycles. The molecule has 4 heteroatoms. The fraction of sp³-hybridized carbons (Fsp3) is 0.294. The van der Waals surface area contributed by atoms with E-state index in [1.165, 1.54) is 11.1 Å². The number of halogens is 1. The van der Waals surface area contributed by atoms with Crippen LogP contribution in [0.1, 0.15) is 23.6 Å². The lowest BCUT2D eigenvalue weighted by atomic mass is 10.1. The molecular formula is C17H18BrNO2. The van der Waals surface area contributed by atoms with Crippen molar-refractivity contribution in [1.29, 1.82) is 0 Å². The number of rotatable bonds is 5. The van der Waals surface area contributed by atoms with E-state index in [4.69, 9.17) is 15.2 Å². The summed E-state index contributed by atoms with van der Waals surface area (Å²) in [6, 6.07) is 14.1. The monoisotopic (exact) mass is 347 g/mol. The lowest BCUT2D eigenvalue weighted by Crippen LogP contribution is -2.09. The van der Waals surface area contributed by atoms with Crippen LogP contribution in [0.25, 0.3) is 0 Å². The predicted octanol–water partition coefficient (Wildman–Crippen LogP) is 3.85. The molecule has 0 radical (unpaired) electrons. The Morgan fingerprint density at radius 1 is 1.00 bits per heavy atom. The molecule has 0 amide bonds. The van der Waals surface area contributed by atoms with Crippen LogP contribution in [0, 0.1) is 0 Å². The minimum absolute atomic E-state index is 0.190. The molecule has 0 aromatic heterocycles. The van der Waals surface area contributed by atoms with Gasteiger partial charge in [0.15, 0.2) is 0 Å². The number of hydrogen-bond donors (Lipinski definition) is 1. The molecule has 0 heterocycles. The summed E-state index contributed by atoms with van der Waals surface area (Å²) in [6.07, 6.45) is 2.08. The Balaban J connectivity index is 1.48. The summed E-state index contributed by atoms with van der Waals surface area (Å²) in [5, 5.41) is 0. The van der Waals surface area contributed by atoms with Crippen LogP contribution in [-0.2, 0) is 6.42 Å². The second-order valence-corrected chi connectivity index (χ2v) is 6.07. The van der Waals surface area contributed by atoms with Crippen LogP contribution in [0.2, 0.25) is 0 Å². The van der Waals surface area contributed by atoms with Gasteiger partial charge in [-0.05, 0) is 60.4 Å². The molecule has 3 rings (SSSR count). The summed E-state index contributed by atoms with van der Waals surface area (Å²) in [5.74, 6) is 1.74. The smallest absolute Gasteiger partial charge is 0.122 e. The molecule has 2 aromatic rings. The standard InChI is InChI=1S/C17H18BrNO2/c18-13-2-4-14(5-3-13)20-9-10-21-15-6-7-16-12(11-15)1-8-17(16)19/h2-7,11,17H,1,8-10,19H2. The number of aryl methyl sites for hydroxylation is 1. The molecular weight excluding hydrogens is 330 g/mol. The molecule has 0 aliphatic heterocycles. The van der Waals surface area contributed by atoms with Crippen molar-refractivity contribution in [1.82, 2.24) is 0 Å². The molecule has 0 bridgehead atoms. The molecule has 1 aliphatic carbocycles. The normalized spacial score (nSPS) is 16.6. The average Bonchev–Trinajstić information content (AvgIpc) is 2.86. The summed E-state index contributed by atoms with van der Waals surface area (Å²) in [4.78, 5) is 0. The minimum Gasteiger partial charge on any atom is -0.490 e. The highest BCUT2D eigenvalue weighted by molar-refractivity contribution is 9.10. The van der Waals surface area contributed by atoms with Crippen LogP contribution in [-0.4, -0.2) is 13.2 Å². The van der Waals surface area contributed by atoms with E-state index in [-0.39, 0.29) is 6.04 Å². The van der Waals surface area contributed by atoms with Gasteiger partial charge in [-0.25, -0.2) is 0 Å². The minimum atomic E-state index is 0.190. The summed E-state index contributed by atoms with van der Waals surface area (Å²) in [5.41, 5.74) is 8.60. The van der Waals surface area contributed by atoms with E-state index in [0.717, 1.165) is 28.8 Å². The van der Waals surface area contributed by atoms with Crippen molar-refractivity contribution in [3.05, 3.63) is 58.1 Å². The first kappa shape index (κ1) is 14.4. The highest BCUT2D eigenvalue weighted by atomic mass is 79.9. The van der Waals surface area contributed by atoms with E-state index in [2.05, 4.69) is 28.1 Å². The van der Waals surface area contributed by atoms with E-state index in [9.17, 15) is 0 Å². The van der Waals surface area contributed by atoms with Gasteiger partial charge in [0, 0.05) is 10.5 Å². The van der Waals surface area contributed by atoms with Gasteiger partial charge in [0.05, 0.1) is 0 Å². The number of fused-ring (bicyclic) bond motifs is 1. The Morgan fingerprint density at radius 2 is 1.67 bits per heavy atom. The Labute approximate surface area is 133 Å². The van der Waals surface area contributed by atoms with Crippen molar-refractivity contribution >= 4 is 15.9 Å². The average molecular weight is 348 g/mol. The molecule has 0 saturated carbocycles. The highest BCUT2D eigenvalue weighted by Gasteiger charge is 2.18. The second-order valence-electron chi connectivity index (χ2n) is 5.16. The molecule has 1 atom stereocenters. The zero-order valence-corrected chi connectivity index (χ0v) is 13.3. The van der Waals surface area contributed by atoms with Gasteiger partial charge in [-0.15, -0.1) is 0 Å². The van der Waals surface area contributed by atoms with Gasteiger partial charge < -0.3 is 15.2 Å². The van der Waals surface area contributed by atoms with Crippen molar-refractivity contribution < 1.29 is 9.47 Å². The first-order chi connectivity index (χ1) is 10.2. The van der Waals surface area contributed by atoms with Crippen LogP contribution in [0.5, 0.6) is 11.5 Å². The van der Waals surface area contributed by atoms with Crippen LogP contribution >= 0.6 is 15.9 Å². The quantitative estimate of drug-likeness (QED) is 0.835. The fourth-order valence-electron chi connectivity index (χ4n) is 2.57. The number of benzene rings is 2. The Hall–Kier alpha value is -1.52. The maximum atomic E-state index is 6.03. The second kappa shape index (κ2) is 6.50.